The first-order chi connectivity index (χ1) is 11.2. The van der Waals surface area contributed by atoms with Crippen LogP contribution in [-0.4, -0.2) is 25.7 Å². The monoisotopic (exact) mass is 326 g/mol. The summed E-state index contributed by atoms with van der Waals surface area (Å²) in [5.41, 5.74) is 0.883. The van der Waals surface area contributed by atoms with Crippen LogP contribution in [0.4, 0.5) is 0 Å². The van der Waals surface area contributed by atoms with E-state index < -0.39 is 0 Å². The van der Waals surface area contributed by atoms with Crippen molar-refractivity contribution < 1.29 is 9.53 Å². The van der Waals surface area contributed by atoms with Crippen LogP contribution in [0.5, 0.6) is 11.5 Å². The maximum absolute atomic E-state index is 12.3. The van der Waals surface area contributed by atoms with Gasteiger partial charge in [-0.15, -0.1) is 0 Å². The van der Waals surface area contributed by atoms with E-state index in [2.05, 4.69) is 19.9 Å². The van der Waals surface area contributed by atoms with E-state index in [4.69, 9.17) is 16.3 Å². The molecule has 0 aliphatic carbocycles. The molecule has 7 heteroatoms. The van der Waals surface area contributed by atoms with Crippen molar-refractivity contribution in [3.05, 3.63) is 71.8 Å². The number of hydrogen-bond acceptors (Lipinski definition) is 6. The third kappa shape index (κ3) is 4.08. The number of nitrogens with zero attached hydrogens (tertiary/aromatic N) is 4. The Kier molecular flexibility index (Phi) is 4.54. The van der Waals surface area contributed by atoms with Gasteiger partial charge < -0.3 is 4.74 Å². The van der Waals surface area contributed by atoms with Crippen LogP contribution in [0.25, 0.3) is 0 Å². The Hall–Kier alpha value is -2.86. The molecule has 6 nitrogen and oxygen atoms in total. The van der Waals surface area contributed by atoms with E-state index in [-0.39, 0.29) is 12.2 Å². The van der Waals surface area contributed by atoms with Gasteiger partial charge in [-0.2, -0.15) is 0 Å². The summed E-state index contributed by atoms with van der Waals surface area (Å²) in [6.07, 6.45) is 6.10. The number of carbonyl (C=O) groups is 1. The molecule has 3 aromatic heterocycles. The maximum Gasteiger partial charge on any atom is 0.187 e. The van der Waals surface area contributed by atoms with Gasteiger partial charge >= 0.3 is 0 Å². The number of pyridine rings is 2. The summed E-state index contributed by atoms with van der Waals surface area (Å²) < 4.78 is 5.58. The fourth-order valence-corrected chi connectivity index (χ4v) is 2.09. The summed E-state index contributed by atoms with van der Waals surface area (Å²) in [4.78, 5) is 28.2. The molecule has 0 radical (unpaired) electrons. The Morgan fingerprint density at radius 3 is 2.74 bits per heavy atom. The molecule has 0 atom stereocenters. The molecule has 0 N–H and O–H groups in total. The lowest BCUT2D eigenvalue weighted by molar-refractivity contribution is 0.0987. The van der Waals surface area contributed by atoms with Crippen molar-refractivity contribution in [3.8, 4) is 11.5 Å². The molecule has 3 rings (SSSR count). The van der Waals surface area contributed by atoms with Gasteiger partial charge in [0.25, 0.3) is 0 Å². The van der Waals surface area contributed by atoms with Crippen LogP contribution in [0.3, 0.4) is 0 Å². The summed E-state index contributed by atoms with van der Waals surface area (Å²) in [7, 11) is 0. The highest BCUT2D eigenvalue weighted by atomic mass is 35.5. The average molecular weight is 327 g/mol. The zero-order valence-electron chi connectivity index (χ0n) is 11.9. The molecule has 3 heterocycles. The number of carbonyl (C=O) groups excluding carboxylic acids is 1. The van der Waals surface area contributed by atoms with Crippen molar-refractivity contribution in [1.82, 2.24) is 19.9 Å². The SMILES string of the molecule is O=C(Cc1cccc(Cl)n1)c1cc(Oc2cncnc2)ccn1. The zero-order valence-corrected chi connectivity index (χ0v) is 12.6. The highest BCUT2D eigenvalue weighted by Crippen LogP contribution is 2.20. The van der Waals surface area contributed by atoms with Gasteiger partial charge in [-0.3, -0.25) is 9.78 Å². The van der Waals surface area contributed by atoms with Gasteiger partial charge in [0, 0.05) is 18.0 Å². The van der Waals surface area contributed by atoms with Gasteiger partial charge in [-0.05, 0) is 18.2 Å². The highest BCUT2D eigenvalue weighted by molar-refractivity contribution is 6.29. The van der Waals surface area contributed by atoms with Crippen molar-refractivity contribution in [1.29, 1.82) is 0 Å². The average Bonchev–Trinajstić information content (AvgIpc) is 2.56. The van der Waals surface area contributed by atoms with Gasteiger partial charge in [-0.1, -0.05) is 17.7 Å². The number of aromatic nitrogens is 4. The molecule has 0 spiro atoms. The van der Waals surface area contributed by atoms with Crippen molar-refractivity contribution in [2.24, 2.45) is 0 Å². The molecular weight excluding hydrogens is 316 g/mol. The van der Waals surface area contributed by atoms with Crippen molar-refractivity contribution in [2.45, 2.75) is 6.42 Å². The standard InChI is InChI=1S/C16H11ClN4O2/c17-16-3-1-2-11(21-16)6-15(22)14-7-12(4-5-20-14)23-13-8-18-10-19-9-13/h1-5,7-10H,6H2. The first kappa shape index (κ1) is 15.1. The van der Waals surface area contributed by atoms with Crippen LogP contribution in [-0.2, 0) is 6.42 Å². The van der Waals surface area contributed by atoms with Crippen molar-refractivity contribution in [3.63, 3.8) is 0 Å². The normalized spacial score (nSPS) is 10.3. The van der Waals surface area contributed by atoms with Crippen LogP contribution in [0.15, 0.2) is 55.2 Å². The number of ketones is 1. The van der Waals surface area contributed by atoms with E-state index in [1.54, 1.807) is 30.3 Å². The number of ether oxygens (including phenoxy) is 1. The van der Waals surface area contributed by atoms with E-state index in [9.17, 15) is 4.79 Å². The maximum atomic E-state index is 12.3. The second-order valence-electron chi connectivity index (χ2n) is 4.60. The summed E-state index contributed by atoms with van der Waals surface area (Å²) in [6, 6.07) is 8.37. The van der Waals surface area contributed by atoms with E-state index in [1.165, 1.54) is 24.9 Å². The molecule has 23 heavy (non-hydrogen) atoms. The Bertz CT molecular complexity index is 827. The zero-order chi connectivity index (χ0) is 16.1. The third-order valence-corrected chi connectivity index (χ3v) is 3.11. The van der Waals surface area contributed by atoms with Crippen LogP contribution < -0.4 is 4.74 Å². The van der Waals surface area contributed by atoms with Gasteiger partial charge in [0.2, 0.25) is 0 Å². The van der Waals surface area contributed by atoms with Crippen LogP contribution in [0.2, 0.25) is 5.15 Å². The highest BCUT2D eigenvalue weighted by Gasteiger charge is 2.11. The molecule has 0 saturated carbocycles. The molecule has 0 aliphatic heterocycles. The third-order valence-electron chi connectivity index (χ3n) is 2.90. The minimum Gasteiger partial charge on any atom is -0.454 e. The number of Topliss-reactive ketones (excluding diaryl/α,β-unsaturated/α-hetero) is 1. The Morgan fingerprint density at radius 1 is 1.13 bits per heavy atom. The molecule has 0 fully saturated rings. The minimum atomic E-state index is -0.172. The van der Waals surface area contributed by atoms with Crippen molar-refractivity contribution in [2.75, 3.05) is 0 Å². The van der Waals surface area contributed by atoms with Crippen molar-refractivity contribution >= 4 is 17.4 Å². The minimum absolute atomic E-state index is 0.117. The summed E-state index contributed by atoms with van der Waals surface area (Å²) in [6.45, 7) is 0. The number of rotatable bonds is 5. The molecular formula is C16H11ClN4O2. The Morgan fingerprint density at radius 2 is 1.96 bits per heavy atom. The van der Waals surface area contributed by atoms with E-state index in [0.29, 0.717) is 28.0 Å². The molecule has 114 valence electrons. The molecule has 0 unspecified atom stereocenters. The van der Waals surface area contributed by atoms with Crippen LogP contribution >= 0.6 is 11.6 Å². The summed E-state index contributed by atoms with van der Waals surface area (Å²) in [5.74, 6) is 0.792. The van der Waals surface area contributed by atoms with Gasteiger partial charge in [0.05, 0.1) is 18.8 Å². The Labute approximate surface area is 137 Å². The summed E-state index contributed by atoms with van der Waals surface area (Å²) >= 11 is 5.82. The second-order valence-corrected chi connectivity index (χ2v) is 4.99. The molecule has 0 bridgehead atoms. The molecule has 0 amide bonds. The molecule has 0 aromatic carbocycles. The van der Waals surface area contributed by atoms with E-state index in [1.807, 2.05) is 0 Å². The predicted molar refractivity (Wildman–Crippen MR) is 83.6 cm³/mol. The molecule has 0 aliphatic rings. The van der Waals surface area contributed by atoms with Gasteiger partial charge in [-0.25, -0.2) is 15.0 Å². The fourth-order valence-electron chi connectivity index (χ4n) is 1.91. The largest absolute Gasteiger partial charge is 0.454 e. The lowest BCUT2D eigenvalue weighted by atomic mass is 10.1. The smallest absolute Gasteiger partial charge is 0.187 e. The van der Waals surface area contributed by atoms with Gasteiger partial charge in [0.15, 0.2) is 11.5 Å². The second kappa shape index (κ2) is 6.93. The molecule has 0 saturated heterocycles. The topological polar surface area (TPSA) is 77.9 Å². The predicted octanol–water partition coefficient (Wildman–Crippen LogP) is 3.14. The van der Waals surface area contributed by atoms with E-state index >= 15 is 0 Å². The fraction of sp³-hybridized carbons (Fsp3) is 0.0625. The Balaban J connectivity index is 1.75. The lowest BCUT2D eigenvalue weighted by Gasteiger charge is -2.06. The number of hydrogen-bond donors (Lipinski definition) is 0. The van der Waals surface area contributed by atoms with Crippen LogP contribution in [0.1, 0.15) is 16.2 Å². The summed E-state index contributed by atoms with van der Waals surface area (Å²) in [5, 5.41) is 0.351. The first-order valence-corrected chi connectivity index (χ1v) is 7.12. The first-order valence-electron chi connectivity index (χ1n) is 6.74. The van der Waals surface area contributed by atoms with E-state index in [0.717, 1.165) is 0 Å². The van der Waals surface area contributed by atoms with Crippen LogP contribution in [0, 0.1) is 0 Å². The lowest BCUT2D eigenvalue weighted by Crippen LogP contribution is -2.07. The number of halogens is 1. The molecule has 3 aromatic rings. The van der Waals surface area contributed by atoms with Gasteiger partial charge in [0.1, 0.15) is 22.9 Å². The quantitative estimate of drug-likeness (QED) is 0.529.